The summed E-state index contributed by atoms with van der Waals surface area (Å²) >= 11 is 0. The SMILES string of the molecule is CCCCCCCCCOC(=O)c1ccc(C(=O)OC(C)CCCC(C)C)cc1. The van der Waals surface area contributed by atoms with Crippen LogP contribution in [0.15, 0.2) is 24.3 Å². The molecule has 0 aliphatic carbocycles. The van der Waals surface area contributed by atoms with Crippen LogP contribution in [0.1, 0.15) is 113 Å². The fraction of sp³-hybridized carbons (Fsp3) is 0.680. The fourth-order valence-electron chi connectivity index (χ4n) is 3.17. The lowest BCUT2D eigenvalue weighted by molar-refractivity contribution is 0.0317. The zero-order chi connectivity index (χ0) is 21.5. The number of hydrogen-bond acceptors (Lipinski definition) is 4. The summed E-state index contributed by atoms with van der Waals surface area (Å²) in [4.78, 5) is 24.3. The largest absolute Gasteiger partial charge is 0.462 e. The molecule has 0 bridgehead atoms. The van der Waals surface area contributed by atoms with Crippen LogP contribution in [0.2, 0.25) is 0 Å². The summed E-state index contributed by atoms with van der Waals surface area (Å²) in [7, 11) is 0. The molecule has 0 N–H and O–H groups in total. The number of carbonyl (C=O) groups excluding carboxylic acids is 2. The van der Waals surface area contributed by atoms with Crippen LogP contribution in [-0.2, 0) is 9.47 Å². The predicted octanol–water partition coefficient (Wildman–Crippen LogP) is 6.97. The summed E-state index contributed by atoms with van der Waals surface area (Å²) in [6.45, 7) is 8.97. The van der Waals surface area contributed by atoms with Crippen LogP contribution < -0.4 is 0 Å². The standard InChI is InChI=1S/C25H40O4/c1-5-6-7-8-9-10-11-19-28-24(26)22-15-17-23(18-16-22)25(27)29-21(4)14-12-13-20(2)3/h15-18,20-21H,5-14,19H2,1-4H3. The van der Waals surface area contributed by atoms with Crippen molar-refractivity contribution in [1.82, 2.24) is 0 Å². The normalized spacial score (nSPS) is 12.0. The van der Waals surface area contributed by atoms with E-state index in [9.17, 15) is 9.59 Å². The second-order valence-corrected chi connectivity index (χ2v) is 8.38. The second-order valence-electron chi connectivity index (χ2n) is 8.38. The molecule has 0 radical (unpaired) electrons. The number of hydrogen-bond donors (Lipinski definition) is 0. The molecule has 0 aliphatic rings. The minimum absolute atomic E-state index is 0.104. The lowest BCUT2D eigenvalue weighted by Gasteiger charge is -2.14. The van der Waals surface area contributed by atoms with Gasteiger partial charge in [0.1, 0.15) is 0 Å². The molecule has 1 aromatic rings. The van der Waals surface area contributed by atoms with Gasteiger partial charge >= 0.3 is 11.9 Å². The molecular formula is C25H40O4. The molecule has 0 saturated heterocycles. The zero-order valence-corrected chi connectivity index (χ0v) is 18.9. The van der Waals surface area contributed by atoms with Gasteiger partial charge in [-0.15, -0.1) is 0 Å². The summed E-state index contributed by atoms with van der Waals surface area (Å²) in [5.41, 5.74) is 0.929. The Kier molecular flexibility index (Phi) is 13.1. The topological polar surface area (TPSA) is 52.6 Å². The molecule has 164 valence electrons. The van der Waals surface area contributed by atoms with Crippen molar-refractivity contribution in [2.75, 3.05) is 6.61 Å². The Hall–Kier alpha value is -1.84. The molecule has 0 amide bonds. The van der Waals surface area contributed by atoms with E-state index < -0.39 is 0 Å². The molecule has 1 aromatic carbocycles. The zero-order valence-electron chi connectivity index (χ0n) is 18.9. The van der Waals surface area contributed by atoms with Gasteiger partial charge < -0.3 is 9.47 Å². The summed E-state index contributed by atoms with van der Waals surface area (Å²) in [6, 6.07) is 6.53. The van der Waals surface area contributed by atoms with Gasteiger partial charge in [0, 0.05) is 0 Å². The van der Waals surface area contributed by atoms with Crippen LogP contribution in [0.4, 0.5) is 0 Å². The fourth-order valence-corrected chi connectivity index (χ4v) is 3.17. The first kappa shape index (κ1) is 25.2. The summed E-state index contributed by atoms with van der Waals surface area (Å²) in [5.74, 6) is -0.0148. The molecule has 0 fully saturated rings. The first-order valence-corrected chi connectivity index (χ1v) is 11.4. The van der Waals surface area contributed by atoms with Crippen LogP contribution in [0.5, 0.6) is 0 Å². The highest BCUT2D eigenvalue weighted by molar-refractivity contribution is 5.93. The molecule has 1 unspecified atom stereocenters. The molecule has 0 saturated carbocycles. The first-order chi connectivity index (χ1) is 13.9. The van der Waals surface area contributed by atoms with Crippen molar-refractivity contribution in [2.24, 2.45) is 5.92 Å². The molecule has 1 atom stereocenters. The van der Waals surface area contributed by atoms with E-state index in [2.05, 4.69) is 20.8 Å². The van der Waals surface area contributed by atoms with Gasteiger partial charge in [0.15, 0.2) is 0 Å². The van der Waals surface area contributed by atoms with Gasteiger partial charge in [-0.25, -0.2) is 9.59 Å². The van der Waals surface area contributed by atoms with Gasteiger partial charge in [0.2, 0.25) is 0 Å². The summed E-state index contributed by atoms with van der Waals surface area (Å²) < 4.78 is 10.8. The first-order valence-electron chi connectivity index (χ1n) is 11.4. The number of esters is 2. The molecule has 0 spiro atoms. The Bertz CT molecular complexity index is 577. The Morgan fingerprint density at radius 2 is 1.31 bits per heavy atom. The van der Waals surface area contributed by atoms with Crippen molar-refractivity contribution in [3.05, 3.63) is 35.4 Å². The summed E-state index contributed by atoms with van der Waals surface area (Å²) in [5, 5.41) is 0. The number of rotatable bonds is 15. The van der Waals surface area contributed by atoms with Gasteiger partial charge in [-0.05, 0) is 56.4 Å². The quantitative estimate of drug-likeness (QED) is 0.234. The van der Waals surface area contributed by atoms with Gasteiger partial charge in [-0.3, -0.25) is 0 Å². The van der Waals surface area contributed by atoms with E-state index in [1.165, 1.54) is 32.1 Å². The van der Waals surface area contributed by atoms with E-state index in [1.807, 2.05) is 6.92 Å². The number of ether oxygens (including phenoxy) is 2. The highest BCUT2D eigenvalue weighted by atomic mass is 16.5. The predicted molar refractivity (Wildman–Crippen MR) is 118 cm³/mol. The van der Waals surface area contributed by atoms with Gasteiger partial charge in [-0.2, -0.15) is 0 Å². The molecule has 0 heterocycles. The van der Waals surface area contributed by atoms with Crippen LogP contribution in [0.25, 0.3) is 0 Å². The lowest BCUT2D eigenvalue weighted by Crippen LogP contribution is -2.15. The van der Waals surface area contributed by atoms with Crippen LogP contribution >= 0.6 is 0 Å². The average molecular weight is 405 g/mol. The van der Waals surface area contributed by atoms with E-state index >= 15 is 0 Å². The van der Waals surface area contributed by atoms with Gasteiger partial charge in [0.05, 0.1) is 23.8 Å². The molecule has 4 nitrogen and oxygen atoms in total. The second kappa shape index (κ2) is 15.1. The average Bonchev–Trinajstić information content (AvgIpc) is 2.69. The number of carbonyl (C=O) groups is 2. The van der Waals surface area contributed by atoms with Crippen molar-refractivity contribution in [3.8, 4) is 0 Å². The van der Waals surface area contributed by atoms with Crippen LogP contribution in [-0.4, -0.2) is 24.6 Å². The Balaban J connectivity index is 2.29. The van der Waals surface area contributed by atoms with Crippen molar-refractivity contribution in [1.29, 1.82) is 0 Å². The van der Waals surface area contributed by atoms with E-state index in [0.717, 1.165) is 32.1 Å². The maximum atomic E-state index is 12.2. The van der Waals surface area contributed by atoms with Gasteiger partial charge in [-0.1, -0.05) is 65.7 Å². The Morgan fingerprint density at radius 1 is 0.759 bits per heavy atom. The minimum atomic E-state index is -0.343. The highest BCUT2D eigenvalue weighted by Gasteiger charge is 2.14. The molecule has 1 rings (SSSR count). The molecular weight excluding hydrogens is 364 g/mol. The minimum Gasteiger partial charge on any atom is -0.462 e. The molecule has 29 heavy (non-hydrogen) atoms. The number of unbranched alkanes of at least 4 members (excludes halogenated alkanes) is 6. The maximum Gasteiger partial charge on any atom is 0.338 e. The van der Waals surface area contributed by atoms with Crippen LogP contribution in [0, 0.1) is 5.92 Å². The smallest absolute Gasteiger partial charge is 0.338 e. The van der Waals surface area contributed by atoms with E-state index in [4.69, 9.17) is 9.47 Å². The monoisotopic (exact) mass is 404 g/mol. The third-order valence-electron chi connectivity index (χ3n) is 5.04. The maximum absolute atomic E-state index is 12.2. The van der Waals surface area contributed by atoms with Gasteiger partial charge in [0.25, 0.3) is 0 Å². The third-order valence-corrected chi connectivity index (χ3v) is 5.04. The van der Waals surface area contributed by atoms with E-state index in [-0.39, 0.29) is 18.0 Å². The molecule has 0 aliphatic heterocycles. The Labute approximate surface area is 177 Å². The third kappa shape index (κ3) is 11.7. The Morgan fingerprint density at radius 3 is 1.90 bits per heavy atom. The highest BCUT2D eigenvalue weighted by Crippen LogP contribution is 2.14. The molecule has 0 aromatic heterocycles. The van der Waals surface area contributed by atoms with E-state index in [0.29, 0.717) is 23.7 Å². The lowest BCUT2D eigenvalue weighted by atomic mass is 10.0. The van der Waals surface area contributed by atoms with Crippen molar-refractivity contribution in [2.45, 2.75) is 98.0 Å². The summed E-state index contributed by atoms with van der Waals surface area (Å²) in [6.07, 6.45) is 11.3. The van der Waals surface area contributed by atoms with Crippen molar-refractivity contribution < 1.29 is 19.1 Å². The van der Waals surface area contributed by atoms with Crippen molar-refractivity contribution in [3.63, 3.8) is 0 Å². The molecule has 4 heteroatoms. The van der Waals surface area contributed by atoms with Crippen LogP contribution in [0.3, 0.4) is 0 Å². The van der Waals surface area contributed by atoms with Crippen molar-refractivity contribution >= 4 is 11.9 Å². The van der Waals surface area contributed by atoms with E-state index in [1.54, 1.807) is 24.3 Å². The number of benzene rings is 1.